The first-order chi connectivity index (χ1) is 16.3. The van der Waals surface area contributed by atoms with Crippen LogP contribution in [0.25, 0.3) is 0 Å². The Kier molecular flexibility index (Phi) is 9.25. The van der Waals surface area contributed by atoms with Gasteiger partial charge >= 0.3 is 0 Å². The van der Waals surface area contributed by atoms with E-state index in [9.17, 15) is 9.59 Å². The molecule has 1 saturated heterocycles. The Bertz CT molecular complexity index is 952. The molecule has 0 aromatic heterocycles. The number of hydrogen-bond donors (Lipinski definition) is 2. The average Bonchev–Trinajstić information content (AvgIpc) is 2.80. The molecule has 0 unspecified atom stereocenters. The Labute approximate surface area is 204 Å². The molecule has 3 rings (SSSR count). The predicted octanol–water partition coefficient (Wildman–Crippen LogP) is 4.69. The highest BCUT2D eigenvalue weighted by atomic mass is 16.2. The Morgan fingerprint density at radius 1 is 0.765 bits per heavy atom. The summed E-state index contributed by atoms with van der Waals surface area (Å²) in [7, 11) is 0. The molecule has 2 N–H and O–H groups in total. The van der Waals surface area contributed by atoms with Crippen molar-refractivity contribution in [1.82, 2.24) is 9.80 Å². The number of carbonyl (C=O) groups is 2. The van der Waals surface area contributed by atoms with Crippen molar-refractivity contribution in [3.63, 3.8) is 0 Å². The summed E-state index contributed by atoms with van der Waals surface area (Å²) in [5.74, 6) is 0.719. The number of anilines is 2. The van der Waals surface area contributed by atoms with Gasteiger partial charge in [0.15, 0.2) is 0 Å². The minimum Gasteiger partial charge on any atom is -0.325 e. The Hall–Kier alpha value is -2.70. The van der Waals surface area contributed by atoms with E-state index in [1.54, 1.807) is 0 Å². The molecule has 6 heteroatoms. The van der Waals surface area contributed by atoms with Gasteiger partial charge in [0, 0.05) is 37.6 Å². The fraction of sp³-hybridized carbons (Fsp3) is 0.500. The highest BCUT2D eigenvalue weighted by Crippen LogP contribution is 2.32. The van der Waals surface area contributed by atoms with Crippen LogP contribution in [0.15, 0.2) is 42.5 Å². The number of benzene rings is 2. The lowest BCUT2D eigenvalue weighted by Gasteiger charge is -2.34. The van der Waals surface area contributed by atoms with Gasteiger partial charge in [-0.3, -0.25) is 19.4 Å². The van der Waals surface area contributed by atoms with Gasteiger partial charge in [0.05, 0.1) is 13.1 Å². The van der Waals surface area contributed by atoms with Crippen LogP contribution in [0, 0.1) is 0 Å². The van der Waals surface area contributed by atoms with E-state index >= 15 is 0 Å². The molecule has 1 fully saturated rings. The standard InChI is InChI=1S/C28H40N4O2/c1-6-22-10-7-8-13-25(22)29-26(33)18-31-14-16-32(17-15-31)19-27(34)30-28-23(20(2)3)11-9-12-24(28)21(4)5/h7-13,20-21H,6,14-19H2,1-5H3,(H,29,33)(H,30,34). The molecular weight excluding hydrogens is 424 g/mol. The van der Waals surface area contributed by atoms with Crippen LogP contribution < -0.4 is 10.6 Å². The first-order valence-electron chi connectivity index (χ1n) is 12.5. The summed E-state index contributed by atoms with van der Waals surface area (Å²) in [6, 6.07) is 14.2. The van der Waals surface area contributed by atoms with Gasteiger partial charge in [-0.15, -0.1) is 0 Å². The lowest BCUT2D eigenvalue weighted by molar-refractivity contribution is -0.120. The maximum Gasteiger partial charge on any atom is 0.238 e. The van der Waals surface area contributed by atoms with E-state index in [0.717, 1.165) is 49.5 Å². The second-order valence-corrected chi connectivity index (χ2v) is 9.78. The van der Waals surface area contributed by atoms with Crippen LogP contribution >= 0.6 is 0 Å². The topological polar surface area (TPSA) is 64.7 Å². The molecular formula is C28H40N4O2. The molecule has 1 aliphatic heterocycles. The van der Waals surface area contributed by atoms with Gasteiger partial charge in [-0.05, 0) is 41.0 Å². The number of para-hydroxylation sites is 2. The highest BCUT2D eigenvalue weighted by Gasteiger charge is 2.22. The summed E-state index contributed by atoms with van der Waals surface area (Å²) in [6.07, 6.45) is 0.886. The molecule has 184 valence electrons. The van der Waals surface area contributed by atoms with Crippen molar-refractivity contribution in [2.45, 2.75) is 52.9 Å². The highest BCUT2D eigenvalue weighted by molar-refractivity contribution is 5.94. The largest absolute Gasteiger partial charge is 0.325 e. The van der Waals surface area contributed by atoms with Crippen LogP contribution in [0.2, 0.25) is 0 Å². The number of hydrogen-bond acceptors (Lipinski definition) is 4. The van der Waals surface area contributed by atoms with Crippen LogP contribution in [-0.4, -0.2) is 60.9 Å². The third-order valence-electron chi connectivity index (χ3n) is 6.51. The summed E-state index contributed by atoms with van der Waals surface area (Å²) in [4.78, 5) is 29.8. The van der Waals surface area contributed by atoms with Gasteiger partial charge < -0.3 is 10.6 Å². The maximum absolute atomic E-state index is 12.9. The molecule has 0 saturated carbocycles. The van der Waals surface area contributed by atoms with Gasteiger partial charge in [-0.1, -0.05) is 71.0 Å². The number of nitrogens with one attached hydrogen (secondary N) is 2. The van der Waals surface area contributed by atoms with Crippen LogP contribution in [0.3, 0.4) is 0 Å². The van der Waals surface area contributed by atoms with Crippen LogP contribution in [0.1, 0.15) is 63.1 Å². The van der Waals surface area contributed by atoms with Gasteiger partial charge in [0.25, 0.3) is 0 Å². The molecule has 2 amide bonds. The monoisotopic (exact) mass is 464 g/mol. The van der Waals surface area contributed by atoms with Crippen molar-refractivity contribution in [1.29, 1.82) is 0 Å². The summed E-state index contributed by atoms with van der Waals surface area (Å²) < 4.78 is 0. The van der Waals surface area contributed by atoms with E-state index in [0.29, 0.717) is 24.9 Å². The Balaban J connectivity index is 1.50. The summed E-state index contributed by atoms with van der Waals surface area (Å²) in [5.41, 5.74) is 5.37. The van der Waals surface area contributed by atoms with Gasteiger partial charge in [-0.2, -0.15) is 0 Å². The summed E-state index contributed by atoms with van der Waals surface area (Å²) >= 11 is 0. The average molecular weight is 465 g/mol. The van der Waals surface area contributed by atoms with Crippen molar-refractivity contribution < 1.29 is 9.59 Å². The predicted molar refractivity (Wildman–Crippen MR) is 141 cm³/mol. The number of amides is 2. The second-order valence-electron chi connectivity index (χ2n) is 9.78. The lowest BCUT2D eigenvalue weighted by atomic mass is 9.92. The van der Waals surface area contributed by atoms with E-state index < -0.39 is 0 Å². The van der Waals surface area contributed by atoms with Gasteiger partial charge in [0.1, 0.15) is 0 Å². The molecule has 0 spiro atoms. The Morgan fingerprint density at radius 2 is 1.26 bits per heavy atom. The third-order valence-corrected chi connectivity index (χ3v) is 6.51. The zero-order valence-electron chi connectivity index (χ0n) is 21.4. The third kappa shape index (κ3) is 6.90. The van der Waals surface area contributed by atoms with Crippen LogP contribution in [0.4, 0.5) is 11.4 Å². The number of aryl methyl sites for hydroxylation is 1. The van der Waals surface area contributed by atoms with Crippen molar-refractivity contribution in [2.24, 2.45) is 0 Å². The summed E-state index contributed by atoms with van der Waals surface area (Å²) in [6.45, 7) is 14.6. The van der Waals surface area contributed by atoms with Crippen LogP contribution in [0.5, 0.6) is 0 Å². The van der Waals surface area contributed by atoms with Crippen LogP contribution in [-0.2, 0) is 16.0 Å². The van der Waals surface area contributed by atoms with Crippen molar-refractivity contribution in [3.8, 4) is 0 Å². The molecule has 2 aromatic rings. The van der Waals surface area contributed by atoms with Crippen molar-refractivity contribution in [3.05, 3.63) is 59.2 Å². The first-order valence-corrected chi connectivity index (χ1v) is 12.5. The van der Waals surface area contributed by atoms with E-state index in [1.165, 1.54) is 11.1 Å². The molecule has 34 heavy (non-hydrogen) atoms. The van der Waals surface area contributed by atoms with Crippen molar-refractivity contribution >= 4 is 23.2 Å². The molecule has 0 radical (unpaired) electrons. The van der Waals surface area contributed by atoms with Gasteiger partial charge in [0.2, 0.25) is 11.8 Å². The molecule has 1 aliphatic rings. The normalized spacial score (nSPS) is 15.0. The second kappa shape index (κ2) is 12.1. The molecule has 0 aliphatic carbocycles. The fourth-order valence-corrected chi connectivity index (χ4v) is 4.53. The van der Waals surface area contributed by atoms with E-state index in [-0.39, 0.29) is 11.8 Å². The molecule has 2 aromatic carbocycles. The maximum atomic E-state index is 12.9. The summed E-state index contributed by atoms with van der Waals surface area (Å²) in [5, 5.41) is 6.26. The zero-order chi connectivity index (χ0) is 24.7. The molecule has 0 bridgehead atoms. The molecule has 0 atom stereocenters. The smallest absolute Gasteiger partial charge is 0.238 e. The van der Waals surface area contributed by atoms with Gasteiger partial charge in [-0.25, -0.2) is 0 Å². The molecule has 6 nitrogen and oxygen atoms in total. The quantitative estimate of drug-likeness (QED) is 0.565. The number of piperazine rings is 1. The van der Waals surface area contributed by atoms with E-state index in [2.05, 4.69) is 73.3 Å². The number of rotatable bonds is 9. The minimum absolute atomic E-state index is 0.0126. The Morgan fingerprint density at radius 3 is 1.76 bits per heavy atom. The fourth-order valence-electron chi connectivity index (χ4n) is 4.53. The number of carbonyl (C=O) groups excluding carboxylic acids is 2. The van der Waals surface area contributed by atoms with E-state index in [4.69, 9.17) is 0 Å². The van der Waals surface area contributed by atoms with Crippen molar-refractivity contribution in [2.75, 3.05) is 49.9 Å². The SMILES string of the molecule is CCc1ccccc1NC(=O)CN1CCN(CC(=O)Nc2c(C(C)C)cccc2C(C)C)CC1. The molecule has 1 heterocycles. The minimum atomic E-state index is 0.0126. The first kappa shape index (κ1) is 25.9. The van der Waals surface area contributed by atoms with E-state index in [1.807, 2.05) is 24.3 Å². The lowest BCUT2D eigenvalue weighted by Crippen LogP contribution is -2.50. The zero-order valence-corrected chi connectivity index (χ0v) is 21.4. The number of nitrogens with zero attached hydrogens (tertiary/aromatic N) is 2.